The SMILES string of the molecule is O=c1[nH]c2ccccc2nc1CN1CCO[C@@H](c2ccc(F)cc2)C1. The van der Waals surface area contributed by atoms with E-state index in [1.165, 1.54) is 12.1 Å². The first-order valence-electron chi connectivity index (χ1n) is 8.26. The molecule has 1 aliphatic rings. The number of halogens is 1. The van der Waals surface area contributed by atoms with Crippen molar-refractivity contribution < 1.29 is 9.13 Å². The first-order valence-corrected chi connectivity index (χ1v) is 8.26. The van der Waals surface area contributed by atoms with E-state index in [9.17, 15) is 9.18 Å². The van der Waals surface area contributed by atoms with Crippen molar-refractivity contribution in [2.45, 2.75) is 12.6 Å². The lowest BCUT2D eigenvalue weighted by Crippen LogP contribution is -2.39. The predicted molar refractivity (Wildman–Crippen MR) is 92.7 cm³/mol. The van der Waals surface area contributed by atoms with Gasteiger partial charge < -0.3 is 9.72 Å². The zero-order valence-corrected chi connectivity index (χ0v) is 13.6. The molecule has 2 aromatic carbocycles. The summed E-state index contributed by atoms with van der Waals surface area (Å²) in [6, 6.07) is 13.9. The smallest absolute Gasteiger partial charge is 0.271 e. The number of fused-ring (bicyclic) bond motifs is 1. The third kappa shape index (κ3) is 3.45. The van der Waals surface area contributed by atoms with Crippen LogP contribution in [0.4, 0.5) is 4.39 Å². The van der Waals surface area contributed by atoms with Gasteiger partial charge in [0.25, 0.3) is 5.56 Å². The molecule has 0 bridgehead atoms. The van der Waals surface area contributed by atoms with Crippen LogP contribution in [0, 0.1) is 5.82 Å². The Morgan fingerprint density at radius 1 is 1.20 bits per heavy atom. The van der Waals surface area contributed by atoms with E-state index in [0.29, 0.717) is 25.4 Å². The normalized spacial score (nSPS) is 18.5. The summed E-state index contributed by atoms with van der Waals surface area (Å²) in [6.45, 7) is 2.39. The van der Waals surface area contributed by atoms with Gasteiger partial charge in [-0.3, -0.25) is 9.69 Å². The van der Waals surface area contributed by atoms with Crippen LogP contribution in [0.15, 0.2) is 53.3 Å². The summed E-state index contributed by atoms with van der Waals surface area (Å²) < 4.78 is 18.9. The van der Waals surface area contributed by atoms with E-state index in [1.807, 2.05) is 24.3 Å². The molecule has 1 N–H and O–H groups in total. The molecule has 5 nitrogen and oxygen atoms in total. The molecule has 0 unspecified atom stereocenters. The molecule has 0 saturated carbocycles. The molecule has 1 aromatic heterocycles. The van der Waals surface area contributed by atoms with Crippen LogP contribution in [0.25, 0.3) is 11.0 Å². The zero-order valence-electron chi connectivity index (χ0n) is 13.6. The van der Waals surface area contributed by atoms with Gasteiger partial charge in [-0.15, -0.1) is 0 Å². The average Bonchev–Trinajstić information content (AvgIpc) is 2.63. The Hall–Kier alpha value is -2.57. The molecule has 4 rings (SSSR count). The monoisotopic (exact) mass is 339 g/mol. The molecule has 0 aliphatic carbocycles. The minimum atomic E-state index is -0.261. The second kappa shape index (κ2) is 6.74. The van der Waals surface area contributed by atoms with Gasteiger partial charge in [0.15, 0.2) is 0 Å². The summed E-state index contributed by atoms with van der Waals surface area (Å²) in [6.07, 6.45) is -0.131. The summed E-state index contributed by atoms with van der Waals surface area (Å²) in [7, 11) is 0. The van der Waals surface area contributed by atoms with Gasteiger partial charge in [-0.25, -0.2) is 9.37 Å². The van der Waals surface area contributed by atoms with Crippen LogP contribution >= 0.6 is 0 Å². The highest BCUT2D eigenvalue weighted by molar-refractivity contribution is 5.73. The van der Waals surface area contributed by atoms with Crippen molar-refractivity contribution in [3.8, 4) is 0 Å². The van der Waals surface area contributed by atoms with E-state index in [4.69, 9.17) is 4.74 Å². The zero-order chi connectivity index (χ0) is 17.2. The van der Waals surface area contributed by atoms with Crippen LogP contribution in [0.2, 0.25) is 0 Å². The number of para-hydroxylation sites is 2. The number of benzene rings is 2. The van der Waals surface area contributed by atoms with E-state index in [0.717, 1.165) is 23.1 Å². The number of aromatic amines is 1. The van der Waals surface area contributed by atoms with Crippen molar-refractivity contribution in [2.75, 3.05) is 19.7 Å². The van der Waals surface area contributed by atoms with E-state index in [1.54, 1.807) is 12.1 Å². The van der Waals surface area contributed by atoms with Gasteiger partial charge in [0, 0.05) is 19.6 Å². The Kier molecular flexibility index (Phi) is 4.29. The Balaban J connectivity index is 1.53. The lowest BCUT2D eigenvalue weighted by atomic mass is 10.1. The van der Waals surface area contributed by atoms with Gasteiger partial charge in [-0.1, -0.05) is 24.3 Å². The van der Waals surface area contributed by atoms with Crippen molar-refractivity contribution in [3.05, 3.63) is 76.0 Å². The Morgan fingerprint density at radius 3 is 2.84 bits per heavy atom. The largest absolute Gasteiger partial charge is 0.371 e. The van der Waals surface area contributed by atoms with Crippen molar-refractivity contribution in [1.29, 1.82) is 0 Å². The van der Waals surface area contributed by atoms with Crippen LogP contribution in [0.3, 0.4) is 0 Å². The molecular weight excluding hydrogens is 321 g/mol. The third-order valence-electron chi connectivity index (χ3n) is 4.44. The molecule has 1 atom stereocenters. The van der Waals surface area contributed by atoms with E-state index < -0.39 is 0 Å². The van der Waals surface area contributed by atoms with Crippen molar-refractivity contribution >= 4 is 11.0 Å². The minimum Gasteiger partial charge on any atom is -0.371 e. The standard InChI is InChI=1S/C19H18FN3O2/c20-14-7-5-13(6-8-14)18-12-23(9-10-25-18)11-17-19(24)22-16-4-2-1-3-15(16)21-17/h1-8,18H,9-12H2,(H,22,24)/t18-/m1/s1. The van der Waals surface area contributed by atoms with Crippen LogP contribution in [-0.2, 0) is 11.3 Å². The summed E-state index contributed by atoms with van der Waals surface area (Å²) >= 11 is 0. The molecule has 6 heteroatoms. The molecule has 25 heavy (non-hydrogen) atoms. The molecule has 1 fully saturated rings. The first-order chi connectivity index (χ1) is 12.2. The predicted octanol–water partition coefficient (Wildman–Crippen LogP) is 2.64. The van der Waals surface area contributed by atoms with Gasteiger partial charge in [-0.2, -0.15) is 0 Å². The fourth-order valence-electron chi connectivity index (χ4n) is 3.11. The van der Waals surface area contributed by atoms with Gasteiger partial charge in [0.05, 0.1) is 23.7 Å². The van der Waals surface area contributed by atoms with Crippen molar-refractivity contribution in [1.82, 2.24) is 14.9 Å². The van der Waals surface area contributed by atoms with Gasteiger partial charge >= 0.3 is 0 Å². The maximum atomic E-state index is 13.1. The number of nitrogens with one attached hydrogen (secondary N) is 1. The van der Waals surface area contributed by atoms with Gasteiger partial charge in [0.2, 0.25) is 0 Å². The molecule has 0 radical (unpaired) electrons. The van der Waals surface area contributed by atoms with Crippen LogP contribution in [-0.4, -0.2) is 34.6 Å². The number of hydrogen-bond acceptors (Lipinski definition) is 4. The summed E-state index contributed by atoms with van der Waals surface area (Å²) in [5.74, 6) is -0.261. The second-order valence-electron chi connectivity index (χ2n) is 6.18. The average molecular weight is 339 g/mol. The number of hydrogen-bond donors (Lipinski definition) is 1. The lowest BCUT2D eigenvalue weighted by molar-refractivity contribution is -0.0334. The number of H-pyrrole nitrogens is 1. The molecule has 3 aromatic rings. The Labute approximate surface area is 144 Å². The summed E-state index contributed by atoms with van der Waals surface area (Å²) in [5.41, 5.74) is 2.79. The first kappa shape index (κ1) is 15.9. The molecule has 128 valence electrons. The Morgan fingerprint density at radius 2 is 2.00 bits per heavy atom. The van der Waals surface area contributed by atoms with Crippen LogP contribution in [0.1, 0.15) is 17.4 Å². The highest BCUT2D eigenvalue weighted by atomic mass is 19.1. The number of morpholine rings is 1. The Bertz CT molecular complexity index is 939. The van der Waals surface area contributed by atoms with Gasteiger partial charge in [-0.05, 0) is 29.8 Å². The highest BCUT2D eigenvalue weighted by Gasteiger charge is 2.23. The van der Waals surface area contributed by atoms with Crippen LogP contribution < -0.4 is 5.56 Å². The van der Waals surface area contributed by atoms with Crippen LogP contribution in [0.5, 0.6) is 0 Å². The lowest BCUT2D eigenvalue weighted by Gasteiger charge is -2.32. The molecule has 1 saturated heterocycles. The fraction of sp³-hybridized carbons (Fsp3) is 0.263. The summed E-state index contributed by atoms with van der Waals surface area (Å²) in [4.78, 5) is 21.8. The number of ether oxygens (including phenoxy) is 1. The van der Waals surface area contributed by atoms with Gasteiger partial charge in [0.1, 0.15) is 11.5 Å². The van der Waals surface area contributed by atoms with E-state index >= 15 is 0 Å². The number of nitrogens with zero attached hydrogens (tertiary/aromatic N) is 2. The molecule has 1 aliphatic heterocycles. The van der Waals surface area contributed by atoms with E-state index in [2.05, 4.69) is 14.9 Å². The minimum absolute atomic E-state index is 0.131. The van der Waals surface area contributed by atoms with Crippen molar-refractivity contribution in [3.63, 3.8) is 0 Å². The van der Waals surface area contributed by atoms with E-state index in [-0.39, 0.29) is 17.5 Å². The molecular formula is C19H18FN3O2. The summed E-state index contributed by atoms with van der Waals surface area (Å²) in [5, 5.41) is 0. The highest BCUT2D eigenvalue weighted by Crippen LogP contribution is 2.23. The molecule has 2 heterocycles. The quantitative estimate of drug-likeness (QED) is 0.797. The maximum absolute atomic E-state index is 13.1. The topological polar surface area (TPSA) is 58.2 Å². The number of aromatic nitrogens is 2. The molecule has 0 spiro atoms. The fourth-order valence-corrected chi connectivity index (χ4v) is 3.11. The third-order valence-corrected chi connectivity index (χ3v) is 4.44. The number of rotatable bonds is 3. The second-order valence-corrected chi connectivity index (χ2v) is 6.18. The van der Waals surface area contributed by atoms with Crippen molar-refractivity contribution in [2.24, 2.45) is 0 Å². The molecule has 0 amide bonds. The maximum Gasteiger partial charge on any atom is 0.271 e.